The smallest absolute Gasteiger partial charge is 1.00 e. The van der Waals surface area contributed by atoms with E-state index in [0.717, 1.165) is 0 Å². The zero-order valence-corrected chi connectivity index (χ0v) is 9.92. The Morgan fingerprint density at radius 3 is 2.36 bits per heavy atom. The molecular weight excluding hydrogens is 165 g/mol. The Labute approximate surface area is 110 Å². The van der Waals surface area contributed by atoms with E-state index in [4.69, 9.17) is 0 Å². The van der Waals surface area contributed by atoms with Gasteiger partial charge in [-0.3, -0.25) is 4.79 Å². The van der Waals surface area contributed by atoms with Gasteiger partial charge in [-0.15, -0.1) is 0 Å². The minimum absolute atomic E-state index is 0. The summed E-state index contributed by atoms with van der Waals surface area (Å²) in [6, 6.07) is 9.11. The third-order valence-corrected chi connectivity index (χ3v) is 1.26. The molecule has 1 aromatic carbocycles. The molecule has 11 heavy (non-hydrogen) atoms. The Hall–Kier alpha value is 0.326. The molecule has 1 rings (SSSR count). The number of carbonyl (C=O) groups excluding carboxylic acids is 1. The van der Waals surface area contributed by atoms with E-state index in [-0.39, 0.29) is 58.7 Å². The maximum absolute atomic E-state index is 10.9. The summed E-state index contributed by atoms with van der Waals surface area (Å²) < 4.78 is 0. The van der Waals surface area contributed by atoms with Crippen molar-refractivity contribution in [1.82, 2.24) is 5.32 Å². The van der Waals surface area contributed by atoms with Gasteiger partial charge >= 0.3 is 51.4 Å². The topological polar surface area (TPSA) is 29.1 Å². The fourth-order valence-electron chi connectivity index (χ4n) is 0.734. The Morgan fingerprint density at radius 2 is 1.91 bits per heavy atom. The van der Waals surface area contributed by atoms with Crippen LogP contribution < -0.4 is 56.7 Å². The van der Waals surface area contributed by atoms with Crippen LogP contribution in [0.2, 0.25) is 0 Å². The molecule has 3 heteroatoms. The van der Waals surface area contributed by atoms with Crippen LogP contribution in [0.4, 0.5) is 0 Å². The summed E-state index contributed by atoms with van der Waals surface area (Å²) in [5.41, 5.74) is 0.699. The predicted molar refractivity (Wildman–Crippen MR) is 40.9 cm³/mol. The number of carbonyl (C=O) groups is 1. The first-order valence-corrected chi connectivity index (χ1v) is 3.11. The van der Waals surface area contributed by atoms with Crippen molar-refractivity contribution in [2.75, 3.05) is 7.05 Å². The summed E-state index contributed by atoms with van der Waals surface area (Å²) in [5, 5.41) is 2.54. The third kappa shape index (κ3) is 3.49. The molecule has 0 saturated heterocycles. The average Bonchev–Trinajstić information content (AvgIpc) is 2.05. The van der Waals surface area contributed by atoms with Crippen LogP contribution >= 0.6 is 0 Å². The summed E-state index contributed by atoms with van der Waals surface area (Å²) in [7, 11) is 1.62. The number of benzene rings is 1. The van der Waals surface area contributed by atoms with Gasteiger partial charge in [-0.05, 0) is 12.1 Å². The minimum Gasteiger partial charge on any atom is -1.00 e. The van der Waals surface area contributed by atoms with Crippen molar-refractivity contribution >= 4 is 5.91 Å². The number of hydrogen-bond donors (Lipinski definition) is 1. The maximum atomic E-state index is 10.9. The molecule has 0 aromatic heterocycles. The fraction of sp³-hybridized carbons (Fsp3) is 0.125. The van der Waals surface area contributed by atoms with E-state index in [1.54, 1.807) is 19.2 Å². The SMILES string of the molecule is CNC(=O)c1ccccc1.[H-].[K+]. The van der Waals surface area contributed by atoms with Gasteiger partial charge in [-0.2, -0.15) is 0 Å². The molecule has 0 saturated carbocycles. The molecule has 0 unspecified atom stereocenters. The first kappa shape index (κ1) is 11.3. The largest absolute Gasteiger partial charge is 1.00 e. The molecule has 2 nitrogen and oxygen atoms in total. The van der Waals surface area contributed by atoms with Gasteiger partial charge in [0.25, 0.3) is 5.91 Å². The molecule has 0 spiro atoms. The summed E-state index contributed by atoms with van der Waals surface area (Å²) in [6.45, 7) is 0. The average molecular weight is 175 g/mol. The van der Waals surface area contributed by atoms with Crippen LogP contribution in [-0.4, -0.2) is 13.0 Å². The van der Waals surface area contributed by atoms with E-state index in [2.05, 4.69) is 5.32 Å². The molecule has 0 radical (unpaired) electrons. The van der Waals surface area contributed by atoms with Gasteiger partial charge < -0.3 is 6.74 Å². The molecule has 0 atom stereocenters. The second-order valence-corrected chi connectivity index (χ2v) is 1.95. The number of hydrogen-bond acceptors (Lipinski definition) is 1. The van der Waals surface area contributed by atoms with Gasteiger partial charge in [0.2, 0.25) is 0 Å². The van der Waals surface area contributed by atoms with E-state index < -0.39 is 0 Å². The van der Waals surface area contributed by atoms with Crippen molar-refractivity contribution < 1.29 is 57.6 Å². The van der Waals surface area contributed by atoms with Crippen LogP contribution in [0.5, 0.6) is 0 Å². The molecule has 1 aromatic rings. The summed E-state index contributed by atoms with van der Waals surface area (Å²) in [4.78, 5) is 10.9. The van der Waals surface area contributed by atoms with Crippen LogP contribution in [-0.2, 0) is 0 Å². The quantitative estimate of drug-likeness (QED) is 0.500. The first-order valence-electron chi connectivity index (χ1n) is 3.11. The molecule has 1 amide bonds. The number of amides is 1. The Balaban J connectivity index is 0. The minimum atomic E-state index is -0.0411. The van der Waals surface area contributed by atoms with Crippen molar-refractivity contribution in [1.29, 1.82) is 0 Å². The van der Waals surface area contributed by atoms with Crippen LogP contribution in [0, 0.1) is 0 Å². The number of rotatable bonds is 1. The summed E-state index contributed by atoms with van der Waals surface area (Å²) in [6.07, 6.45) is 0. The van der Waals surface area contributed by atoms with E-state index in [1.165, 1.54) is 0 Å². The third-order valence-electron chi connectivity index (χ3n) is 1.26. The van der Waals surface area contributed by atoms with Crippen LogP contribution in [0.3, 0.4) is 0 Å². The van der Waals surface area contributed by atoms with Gasteiger partial charge in [0.15, 0.2) is 0 Å². The zero-order chi connectivity index (χ0) is 7.40. The Morgan fingerprint density at radius 1 is 1.36 bits per heavy atom. The Bertz CT molecular complexity index is 228. The zero-order valence-electron chi connectivity index (χ0n) is 7.79. The molecular formula is C8H10KNO. The maximum Gasteiger partial charge on any atom is 1.00 e. The van der Waals surface area contributed by atoms with Gasteiger partial charge in [-0.25, -0.2) is 0 Å². The standard InChI is InChI=1S/C8H9NO.K.H/c1-9-8(10)7-5-3-2-4-6-7;;/h2-6H,1H3,(H,9,10);;/q;+1;-1. The first-order chi connectivity index (χ1) is 4.84. The van der Waals surface area contributed by atoms with E-state index in [1.807, 2.05) is 18.2 Å². The van der Waals surface area contributed by atoms with Crippen LogP contribution in [0.1, 0.15) is 11.8 Å². The van der Waals surface area contributed by atoms with Gasteiger partial charge in [0.05, 0.1) is 0 Å². The van der Waals surface area contributed by atoms with Crippen molar-refractivity contribution in [3.8, 4) is 0 Å². The van der Waals surface area contributed by atoms with Gasteiger partial charge in [0.1, 0.15) is 0 Å². The molecule has 0 bridgehead atoms. The second kappa shape index (κ2) is 5.91. The molecule has 0 aliphatic heterocycles. The van der Waals surface area contributed by atoms with Crippen LogP contribution in [0.15, 0.2) is 30.3 Å². The molecule has 54 valence electrons. The van der Waals surface area contributed by atoms with Crippen molar-refractivity contribution in [3.63, 3.8) is 0 Å². The monoisotopic (exact) mass is 175 g/mol. The van der Waals surface area contributed by atoms with E-state index in [0.29, 0.717) is 5.56 Å². The predicted octanol–water partition coefficient (Wildman–Crippen LogP) is -1.84. The van der Waals surface area contributed by atoms with Crippen molar-refractivity contribution in [3.05, 3.63) is 35.9 Å². The fourth-order valence-corrected chi connectivity index (χ4v) is 0.734. The molecule has 0 heterocycles. The molecule has 0 aliphatic rings. The molecule has 1 N–H and O–H groups in total. The summed E-state index contributed by atoms with van der Waals surface area (Å²) in [5.74, 6) is -0.0411. The van der Waals surface area contributed by atoms with E-state index >= 15 is 0 Å². The van der Waals surface area contributed by atoms with Gasteiger partial charge in [0, 0.05) is 12.6 Å². The van der Waals surface area contributed by atoms with E-state index in [9.17, 15) is 4.79 Å². The number of nitrogens with one attached hydrogen (secondary N) is 1. The second-order valence-electron chi connectivity index (χ2n) is 1.95. The van der Waals surface area contributed by atoms with Crippen molar-refractivity contribution in [2.45, 2.75) is 0 Å². The Kier molecular flexibility index (Phi) is 6.09. The molecule has 0 fully saturated rings. The van der Waals surface area contributed by atoms with Crippen molar-refractivity contribution in [2.24, 2.45) is 0 Å². The normalized spacial score (nSPS) is 8.09. The summed E-state index contributed by atoms with van der Waals surface area (Å²) >= 11 is 0. The molecule has 0 aliphatic carbocycles. The van der Waals surface area contributed by atoms with Crippen LogP contribution in [0.25, 0.3) is 0 Å². The van der Waals surface area contributed by atoms with Gasteiger partial charge in [-0.1, -0.05) is 18.2 Å².